The molecule has 0 aliphatic carbocycles. The van der Waals surface area contributed by atoms with Gasteiger partial charge < -0.3 is 15.1 Å². The Morgan fingerprint density at radius 1 is 0.914 bits per heavy atom. The van der Waals surface area contributed by atoms with E-state index in [2.05, 4.69) is 45.1 Å². The summed E-state index contributed by atoms with van der Waals surface area (Å²) in [4.78, 5) is 32.9. The summed E-state index contributed by atoms with van der Waals surface area (Å²) in [6.45, 7) is 9.97. The van der Waals surface area contributed by atoms with Crippen molar-refractivity contribution >= 4 is 29.0 Å². The SMILES string of the molecule is CCc1ccccc1NC(=O)N(CC(=O)N(Cc1ccccc1)Cc1ccc(C)s1)CC(C)CC. The molecule has 186 valence electrons. The highest BCUT2D eigenvalue weighted by Crippen LogP contribution is 2.20. The van der Waals surface area contributed by atoms with Crippen LogP contribution in [0.25, 0.3) is 0 Å². The lowest BCUT2D eigenvalue weighted by Gasteiger charge is -2.29. The topological polar surface area (TPSA) is 52.7 Å². The van der Waals surface area contributed by atoms with Crippen molar-refractivity contribution in [2.45, 2.75) is 53.6 Å². The van der Waals surface area contributed by atoms with Gasteiger partial charge in [-0.2, -0.15) is 0 Å². The van der Waals surface area contributed by atoms with E-state index < -0.39 is 0 Å². The first kappa shape index (κ1) is 26.5. The minimum atomic E-state index is -0.230. The maximum Gasteiger partial charge on any atom is 0.322 e. The summed E-state index contributed by atoms with van der Waals surface area (Å²) in [7, 11) is 0. The van der Waals surface area contributed by atoms with Crippen LogP contribution in [-0.2, 0) is 24.3 Å². The summed E-state index contributed by atoms with van der Waals surface area (Å²) in [5.41, 5.74) is 2.95. The van der Waals surface area contributed by atoms with Crippen LogP contribution in [0.1, 0.15) is 48.1 Å². The summed E-state index contributed by atoms with van der Waals surface area (Å²) in [6, 6.07) is 21.8. The summed E-state index contributed by atoms with van der Waals surface area (Å²) >= 11 is 1.70. The molecule has 0 saturated carbocycles. The van der Waals surface area contributed by atoms with Crippen molar-refractivity contribution in [3.8, 4) is 0 Å². The number of anilines is 1. The lowest BCUT2D eigenvalue weighted by atomic mass is 10.1. The Bertz CT molecular complexity index is 1100. The summed E-state index contributed by atoms with van der Waals surface area (Å²) in [6.07, 6.45) is 1.76. The van der Waals surface area contributed by atoms with E-state index in [9.17, 15) is 9.59 Å². The number of nitrogens with one attached hydrogen (secondary N) is 1. The standard InChI is InChI=1S/C29H37N3O2S/c1-5-22(3)18-32(29(34)30-27-15-11-10-14-25(27)6-2)21-28(33)31(19-24-12-8-7-9-13-24)20-26-17-16-23(4)35-26/h7-17,22H,5-6,18-21H2,1-4H3,(H,30,34). The Hall–Kier alpha value is -3.12. The molecule has 0 spiro atoms. The van der Waals surface area contributed by atoms with Crippen molar-refractivity contribution in [3.05, 3.63) is 87.6 Å². The fraction of sp³-hybridized carbons (Fsp3) is 0.379. The number of benzene rings is 2. The molecular formula is C29H37N3O2S. The van der Waals surface area contributed by atoms with Crippen molar-refractivity contribution in [3.63, 3.8) is 0 Å². The number of urea groups is 1. The molecule has 0 radical (unpaired) electrons. The van der Waals surface area contributed by atoms with E-state index in [-0.39, 0.29) is 24.4 Å². The average molecular weight is 492 g/mol. The first-order valence-electron chi connectivity index (χ1n) is 12.4. The Kier molecular flexibility index (Phi) is 9.91. The first-order chi connectivity index (χ1) is 16.9. The highest BCUT2D eigenvalue weighted by atomic mass is 32.1. The molecule has 1 atom stereocenters. The van der Waals surface area contributed by atoms with Gasteiger partial charge in [0.1, 0.15) is 6.54 Å². The maximum absolute atomic E-state index is 13.6. The molecule has 0 bridgehead atoms. The third kappa shape index (κ3) is 7.96. The van der Waals surface area contributed by atoms with Gasteiger partial charge in [0, 0.05) is 28.5 Å². The maximum atomic E-state index is 13.6. The molecule has 1 aromatic heterocycles. The molecular weight excluding hydrogens is 454 g/mol. The number of thiophene rings is 1. The number of aryl methyl sites for hydroxylation is 2. The van der Waals surface area contributed by atoms with Crippen molar-refractivity contribution in [2.75, 3.05) is 18.4 Å². The molecule has 6 heteroatoms. The van der Waals surface area contributed by atoms with Crippen molar-refractivity contribution in [2.24, 2.45) is 5.92 Å². The molecule has 3 rings (SSSR count). The predicted molar refractivity (Wildman–Crippen MR) is 146 cm³/mol. The zero-order valence-electron chi connectivity index (χ0n) is 21.3. The first-order valence-corrected chi connectivity index (χ1v) is 13.2. The van der Waals surface area contributed by atoms with E-state index in [0.717, 1.165) is 34.5 Å². The third-order valence-corrected chi connectivity index (χ3v) is 7.18. The number of rotatable bonds is 11. The van der Waals surface area contributed by atoms with Crippen LogP contribution in [0.4, 0.5) is 10.5 Å². The Labute approximate surface area is 213 Å². The number of hydrogen-bond acceptors (Lipinski definition) is 3. The van der Waals surface area contributed by atoms with Gasteiger partial charge in [0.2, 0.25) is 5.91 Å². The summed E-state index contributed by atoms with van der Waals surface area (Å²) in [5.74, 6) is 0.236. The molecule has 1 unspecified atom stereocenters. The van der Waals surface area contributed by atoms with Gasteiger partial charge >= 0.3 is 6.03 Å². The second-order valence-electron chi connectivity index (χ2n) is 9.08. The number of nitrogens with zero attached hydrogens (tertiary/aromatic N) is 2. The van der Waals surface area contributed by atoms with E-state index in [0.29, 0.717) is 19.6 Å². The lowest BCUT2D eigenvalue weighted by molar-refractivity contribution is -0.133. The van der Waals surface area contributed by atoms with Crippen LogP contribution in [0.3, 0.4) is 0 Å². The van der Waals surface area contributed by atoms with Crippen LogP contribution in [-0.4, -0.2) is 34.8 Å². The number of carbonyl (C=O) groups is 2. The number of carbonyl (C=O) groups excluding carboxylic acids is 2. The normalized spacial score (nSPS) is 11.7. The molecule has 35 heavy (non-hydrogen) atoms. The Balaban J connectivity index is 1.80. The van der Waals surface area contributed by atoms with E-state index in [1.807, 2.05) is 59.5 Å². The van der Waals surface area contributed by atoms with Gasteiger partial charge in [-0.15, -0.1) is 11.3 Å². The van der Waals surface area contributed by atoms with Gasteiger partial charge in [-0.25, -0.2) is 4.79 Å². The zero-order chi connectivity index (χ0) is 25.2. The van der Waals surface area contributed by atoms with Crippen LogP contribution < -0.4 is 5.32 Å². The summed E-state index contributed by atoms with van der Waals surface area (Å²) in [5, 5.41) is 3.06. The van der Waals surface area contributed by atoms with E-state index in [1.165, 1.54) is 4.88 Å². The third-order valence-electron chi connectivity index (χ3n) is 6.19. The minimum Gasteiger partial charge on any atom is -0.332 e. The molecule has 0 aliphatic heterocycles. The second kappa shape index (κ2) is 13.1. The predicted octanol–water partition coefficient (Wildman–Crippen LogP) is 6.73. The summed E-state index contributed by atoms with van der Waals surface area (Å²) < 4.78 is 0. The van der Waals surface area contributed by atoms with Crippen molar-refractivity contribution in [1.82, 2.24) is 9.80 Å². The molecule has 1 N–H and O–H groups in total. The molecule has 2 aromatic carbocycles. The van der Waals surface area contributed by atoms with Crippen LogP contribution in [0.5, 0.6) is 0 Å². The van der Waals surface area contributed by atoms with Crippen LogP contribution in [0.15, 0.2) is 66.7 Å². The number of hydrogen-bond donors (Lipinski definition) is 1. The number of para-hydroxylation sites is 1. The smallest absolute Gasteiger partial charge is 0.322 e. The molecule has 0 aliphatic rings. The van der Waals surface area contributed by atoms with E-state index in [4.69, 9.17) is 0 Å². The number of amides is 3. The van der Waals surface area contributed by atoms with Crippen LogP contribution in [0.2, 0.25) is 0 Å². The van der Waals surface area contributed by atoms with Crippen molar-refractivity contribution in [1.29, 1.82) is 0 Å². The van der Waals surface area contributed by atoms with E-state index in [1.54, 1.807) is 16.2 Å². The average Bonchev–Trinajstić information content (AvgIpc) is 3.28. The Morgan fingerprint density at radius 2 is 1.63 bits per heavy atom. The fourth-order valence-electron chi connectivity index (χ4n) is 3.93. The second-order valence-corrected chi connectivity index (χ2v) is 10.5. The lowest BCUT2D eigenvalue weighted by Crippen LogP contribution is -2.45. The fourth-order valence-corrected chi connectivity index (χ4v) is 4.83. The molecule has 1 heterocycles. The monoisotopic (exact) mass is 491 g/mol. The Morgan fingerprint density at radius 3 is 2.29 bits per heavy atom. The molecule has 0 fully saturated rings. The van der Waals surface area contributed by atoms with Gasteiger partial charge in [-0.1, -0.05) is 75.7 Å². The van der Waals surface area contributed by atoms with Gasteiger partial charge in [0.15, 0.2) is 0 Å². The highest BCUT2D eigenvalue weighted by Gasteiger charge is 2.24. The highest BCUT2D eigenvalue weighted by molar-refractivity contribution is 7.11. The van der Waals surface area contributed by atoms with Gasteiger partial charge in [-0.05, 0) is 48.6 Å². The van der Waals surface area contributed by atoms with Crippen LogP contribution in [0, 0.1) is 12.8 Å². The molecule has 5 nitrogen and oxygen atoms in total. The van der Waals surface area contributed by atoms with E-state index >= 15 is 0 Å². The minimum absolute atomic E-state index is 0.0433. The van der Waals surface area contributed by atoms with Gasteiger partial charge in [0.25, 0.3) is 0 Å². The van der Waals surface area contributed by atoms with Crippen LogP contribution >= 0.6 is 11.3 Å². The molecule has 3 amide bonds. The van der Waals surface area contributed by atoms with Crippen molar-refractivity contribution < 1.29 is 9.59 Å². The quantitative estimate of drug-likeness (QED) is 0.323. The largest absolute Gasteiger partial charge is 0.332 e. The van der Waals surface area contributed by atoms with Gasteiger partial charge in [0.05, 0.1) is 6.54 Å². The van der Waals surface area contributed by atoms with Gasteiger partial charge in [-0.3, -0.25) is 4.79 Å². The molecule has 3 aromatic rings. The molecule has 0 saturated heterocycles. The zero-order valence-corrected chi connectivity index (χ0v) is 22.1.